The van der Waals surface area contributed by atoms with Gasteiger partial charge >= 0.3 is 0 Å². The smallest absolute Gasteiger partial charge is 0.120 e. The summed E-state index contributed by atoms with van der Waals surface area (Å²) in [5.74, 6) is 1.03. The Balaban J connectivity index is 1.74. The molecule has 0 saturated heterocycles. The van der Waals surface area contributed by atoms with Crippen LogP contribution in [0.5, 0.6) is 5.75 Å². The van der Waals surface area contributed by atoms with Crippen LogP contribution in [0.15, 0.2) is 18.2 Å². The van der Waals surface area contributed by atoms with Crippen molar-refractivity contribution >= 4 is 0 Å². The molecule has 0 bridgehead atoms. The average Bonchev–Trinajstić information content (AvgIpc) is 2.41. The van der Waals surface area contributed by atoms with Crippen LogP contribution in [-0.2, 0) is 6.42 Å². The van der Waals surface area contributed by atoms with Gasteiger partial charge in [-0.2, -0.15) is 0 Å². The SMILES string of the molecule is NC1CCCc2ccc(OC3CCCCC3)cc21. The third-order valence-electron chi connectivity index (χ3n) is 4.33. The van der Waals surface area contributed by atoms with Gasteiger partial charge in [0.25, 0.3) is 0 Å². The lowest BCUT2D eigenvalue weighted by molar-refractivity contribution is 0.154. The third-order valence-corrected chi connectivity index (χ3v) is 4.33. The van der Waals surface area contributed by atoms with Gasteiger partial charge in [0, 0.05) is 6.04 Å². The minimum absolute atomic E-state index is 0.212. The van der Waals surface area contributed by atoms with Crippen molar-refractivity contribution < 1.29 is 4.74 Å². The zero-order valence-electron chi connectivity index (χ0n) is 11.0. The largest absolute Gasteiger partial charge is 0.490 e. The molecule has 1 aromatic carbocycles. The van der Waals surface area contributed by atoms with E-state index >= 15 is 0 Å². The molecule has 2 nitrogen and oxygen atoms in total. The first kappa shape index (κ1) is 12.0. The van der Waals surface area contributed by atoms with Crippen LogP contribution in [0, 0.1) is 0 Å². The second-order valence-electron chi connectivity index (χ2n) is 5.74. The number of benzene rings is 1. The van der Waals surface area contributed by atoms with Crippen LogP contribution in [0.4, 0.5) is 0 Å². The number of hydrogen-bond donors (Lipinski definition) is 1. The average molecular weight is 245 g/mol. The highest BCUT2D eigenvalue weighted by Crippen LogP contribution is 2.32. The Kier molecular flexibility index (Phi) is 3.55. The summed E-state index contributed by atoms with van der Waals surface area (Å²) in [6.45, 7) is 0. The molecule has 2 aliphatic rings. The van der Waals surface area contributed by atoms with Crippen molar-refractivity contribution in [3.05, 3.63) is 29.3 Å². The van der Waals surface area contributed by atoms with E-state index in [1.165, 1.54) is 56.1 Å². The standard InChI is InChI=1S/C16H23NO/c17-16-8-4-5-12-9-10-14(11-15(12)16)18-13-6-2-1-3-7-13/h9-11,13,16H,1-8,17H2. The van der Waals surface area contributed by atoms with Gasteiger partial charge in [0.05, 0.1) is 6.10 Å². The Hall–Kier alpha value is -1.02. The minimum atomic E-state index is 0.212. The van der Waals surface area contributed by atoms with Crippen LogP contribution in [0.2, 0.25) is 0 Å². The van der Waals surface area contributed by atoms with Gasteiger partial charge in [0.1, 0.15) is 5.75 Å². The second-order valence-corrected chi connectivity index (χ2v) is 5.74. The molecular formula is C16H23NO. The van der Waals surface area contributed by atoms with Crippen molar-refractivity contribution in [2.24, 2.45) is 5.73 Å². The number of nitrogens with two attached hydrogens (primary N) is 1. The molecular weight excluding hydrogens is 222 g/mol. The predicted octanol–water partition coefficient (Wildman–Crippen LogP) is 3.73. The summed E-state index contributed by atoms with van der Waals surface area (Å²) in [7, 11) is 0. The van der Waals surface area contributed by atoms with Gasteiger partial charge in [-0.25, -0.2) is 0 Å². The van der Waals surface area contributed by atoms with Crippen molar-refractivity contribution in [3.63, 3.8) is 0 Å². The number of aryl methyl sites for hydroxylation is 1. The van der Waals surface area contributed by atoms with Crippen molar-refractivity contribution in [1.29, 1.82) is 0 Å². The van der Waals surface area contributed by atoms with Crippen LogP contribution in [-0.4, -0.2) is 6.10 Å². The Morgan fingerprint density at radius 3 is 2.67 bits per heavy atom. The first-order valence-corrected chi connectivity index (χ1v) is 7.38. The summed E-state index contributed by atoms with van der Waals surface area (Å²) >= 11 is 0. The summed E-state index contributed by atoms with van der Waals surface area (Å²) in [6.07, 6.45) is 10.4. The lowest BCUT2D eigenvalue weighted by Crippen LogP contribution is -2.21. The highest BCUT2D eigenvalue weighted by atomic mass is 16.5. The monoisotopic (exact) mass is 245 g/mol. The fourth-order valence-electron chi connectivity index (χ4n) is 3.26. The van der Waals surface area contributed by atoms with E-state index in [1.807, 2.05) is 0 Å². The Morgan fingerprint density at radius 1 is 1.00 bits per heavy atom. The third kappa shape index (κ3) is 2.54. The predicted molar refractivity (Wildman–Crippen MR) is 73.8 cm³/mol. The van der Waals surface area contributed by atoms with Crippen LogP contribution in [0.25, 0.3) is 0 Å². The molecule has 1 fully saturated rings. The fourth-order valence-corrected chi connectivity index (χ4v) is 3.26. The summed E-state index contributed by atoms with van der Waals surface area (Å²) < 4.78 is 6.11. The van der Waals surface area contributed by atoms with Crippen molar-refractivity contribution in [1.82, 2.24) is 0 Å². The maximum Gasteiger partial charge on any atom is 0.120 e. The van der Waals surface area contributed by atoms with Gasteiger partial charge in [-0.15, -0.1) is 0 Å². The van der Waals surface area contributed by atoms with Crippen molar-refractivity contribution in [2.75, 3.05) is 0 Å². The molecule has 0 amide bonds. The number of hydrogen-bond acceptors (Lipinski definition) is 2. The number of rotatable bonds is 2. The molecule has 0 aromatic heterocycles. The van der Waals surface area contributed by atoms with E-state index in [4.69, 9.17) is 10.5 Å². The molecule has 98 valence electrons. The molecule has 2 N–H and O–H groups in total. The summed E-state index contributed by atoms with van der Waals surface area (Å²) in [6, 6.07) is 6.75. The maximum absolute atomic E-state index is 6.19. The first-order chi connectivity index (χ1) is 8.83. The van der Waals surface area contributed by atoms with E-state index in [-0.39, 0.29) is 6.04 Å². The van der Waals surface area contributed by atoms with Crippen LogP contribution < -0.4 is 10.5 Å². The molecule has 0 radical (unpaired) electrons. The Bertz CT molecular complexity index is 410. The van der Waals surface area contributed by atoms with Crippen molar-refractivity contribution in [2.45, 2.75) is 63.5 Å². The van der Waals surface area contributed by atoms with E-state index in [0.717, 1.165) is 12.2 Å². The number of ether oxygens (including phenoxy) is 1. The molecule has 0 spiro atoms. The molecule has 1 aromatic rings. The molecule has 1 unspecified atom stereocenters. The fraction of sp³-hybridized carbons (Fsp3) is 0.625. The summed E-state index contributed by atoms with van der Waals surface area (Å²) in [5, 5.41) is 0. The van der Waals surface area contributed by atoms with E-state index in [2.05, 4.69) is 18.2 Å². The molecule has 3 rings (SSSR count). The molecule has 1 saturated carbocycles. The minimum Gasteiger partial charge on any atom is -0.490 e. The molecule has 1 atom stereocenters. The van der Waals surface area contributed by atoms with E-state index in [1.54, 1.807) is 0 Å². The Labute approximate surface area is 110 Å². The molecule has 0 heterocycles. The van der Waals surface area contributed by atoms with Crippen LogP contribution >= 0.6 is 0 Å². The maximum atomic E-state index is 6.19. The summed E-state index contributed by atoms with van der Waals surface area (Å²) in [4.78, 5) is 0. The molecule has 2 aliphatic carbocycles. The highest BCUT2D eigenvalue weighted by molar-refractivity contribution is 5.39. The zero-order chi connectivity index (χ0) is 12.4. The quantitative estimate of drug-likeness (QED) is 0.861. The van der Waals surface area contributed by atoms with E-state index < -0.39 is 0 Å². The van der Waals surface area contributed by atoms with Gasteiger partial charge in [-0.1, -0.05) is 12.5 Å². The van der Waals surface area contributed by atoms with E-state index in [0.29, 0.717) is 6.10 Å². The molecule has 0 aliphatic heterocycles. The van der Waals surface area contributed by atoms with Crippen LogP contribution in [0.3, 0.4) is 0 Å². The van der Waals surface area contributed by atoms with Gasteiger partial charge < -0.3 is 10.5 Å². The summed E-state index contributed by atoms with van der Waals surface area (Å²) in [5.41, 5.74) is 8.93. The van der Waals surface area contributed by atoms with Crippen molar-refractivity contribution in [3.8, 4) is 5.75 Å². The normalized spacial score (nSPS) is 24.6. The van der Waals surface area contributed by atoms with Crippen LogP contribution in [0.1, 0.15) is 62.1 Å². The van der Waals surface area contributed by atoms with Gasteiger partial charge in [-0.3, -0.25) is 0 Å². The lowest BCUT2D eigenvalue weighted by Gasteiger charge is -2.26. The molecule has 2 heteroatoms. The topological polar surface area (TPSA) is 35.2 Å². The molecule has 18 heavy (non-hydrogen) atoms. The van der Waals surface area contributed by atoms with Gasteiger partial charge in [0.2, 0.25) is 0 Å². The highest BCUT2D eigenvalue weighted by Gasteiger charge is 2.19. The first-order valence-electron chi connectivity index (χ1n) is 7.38. The zero-order valence-corrected chi connectivity index (χ0v) is 11.0. The lowest BCUT2D eigenvalue weighted by atomic mass is 9.88. The number of fused-ring (bicyclic) bond motifs is 1. The Morgan fingerprint density at radius 2 is 1.83 bits per heavy atom. The van der Waals surface area contributed by atoms with Gasteiger partial charge in [0.15, 0.2) is 0 Å². The van der Waals surface area contributed by atoms with Gasteiger partial charge in [-0.05, 0) is 68.2 Å². The van der Waals surface area contributed by atoms with E-state index in [9.17, 15) is 0 Å². The second kappa shape index (κ2) is 5.31.